The van der Waals surface area contributed by atoms with Crippen LogP contribution in [0, 0.1) is 13.8 Å². The number of hydrogen-bond donors (Lipinski definition) is 1. The molecule has 0 unspecified atom stereocenters. The van der Waals surface area contributed by atoms with Gasteiger partial charge in [-0.1, -0.05) is 17.7 Å². The molecular formula is C16H19N3O3. The molecule has 0 saturated heterocycles. The van der Waals surface area contributed by atoms with Crippen LogP contribution in [-0.2, 0) is 11.3 Å². The number of aryl methyl sites for hydroxylation is 2. The Morgan fingerprint density at radius 3 is 2.68 bits per heavy atom. The number of rotatable bonds is 6. The smallest absolute Gasteiger partial charge is 0.258 e. The summed E-state index contributed by atoms with van der Waals surface area (Å²) >= 11 is 0. The number of benzene rings is 1. The van der Waals surface area contributed by atoms with Crippen molar-refractivity contribution in [1.82, 2.24) is 14.9 Å². The number of carbonyl (C=O) groups excluding carboxylic acids is 1. The highest BCUT2D eigenvalue weighted by molar-refractivity contribution is 5.77. The molecule has 6 heteroatoms. The maximum atomic E-state index is 11.7. The maximum absolute atomic E-state index is 11.7. The topological polar surface area (TPSA) is 73.2 Å². The second kappa shape index (κ2) is 7.40. The fourth-order valence-electron chi connectivity index (χ4n) is 1.83. The highest BCUT2D eigenvalue weighted by Gasteiger charge is 2.03. The third-order valence-corrected chi connectivity index (χ3v) is 3.08. The molecule has 0 spiro atoms. The predicted molar refractivity (Wildman–Crippen MR) is 82.9 cm³/mol. The van der Waals surface area contributed by atoms with Crippen LogP contribution in [-0.4, -0.2) is 28.6 Å². The summed E-state index contributed by atoms with van der Waals surface area (Å²) in [5.41, 5.74) is 1.68. The van der Waals surface area contributed by atoms with Gasteiger partial charge in [0.15, 0.2) is 6.61 Å². The van der Waals surface area contributed by atoms with Crippen LogP contribution in [0.1, 0.15) is 11.3 Å². The van der Waals surface area contributed by atoms with Gasteiger partial charge in [0.05, 0.1) is 6.33 Å². The minimum Gasteiger partial charge on any atom is -0.484 e. The Bertz CT molecular complexity index is 693. The number of nitrogens with one attached hydrogen (secondary N) is 1. The highest BCUT2D eigenvalue weighted by atomic mass is 16.5. The second-order valence-corrected chi connectivity index (χ2v) is 5.01. The quantitative estimate of drug-likeness (QED) is 0.865. The SMILES string of the molecule is Cc1ccc(OCC(=O)NCCn2cnc(C)cc2=O)cc1. The minimum atomic E-state index is -0.228. The number of hydrogen-bond acceptors (Lipinski definition) is 4. The average molecular weight is 301 g/mol. The molecule has 0 atom stereocenters. The van der Waals surface area contributed by atoms with Crippen molar-refractivity contribution >= 4 is 5.91 Å². The minimum absolute atomic E-state index is 0.0515. The monoisotopic (exact) mass is 301 g/mol. The van der Waals surface area contributed by atoms with E-state index in [9.17, 15) is 9.59 Å². The van der Waals surface area contributed by atoms with Crippen molar-refractivity contribution in [1.29, 1.82) is 0 Å². The van der Waals surface area contributed by atoms with Gasteiger partial charge in [0.1, 0.15) is 5.75 Å². The molecule has 0 fully saturated rings. The van der Waals surface area contributed by atoms with Crippen LogP contribution in [0.3, 0.4) is 0 Å². The van der Waals surface area contributed by atoms with E-state index in [1.54, 1.807) is 6.92 Å². The first kappa shape index (κ1) is 15.8. The maximum Gasteiger partial charge on any atom is 0.258 e. The van der Waals surface area contributed by atoms with Gasteiger partial charge in [-0.3, -0.25) is 14.2 Å². The van der Waals surface area contributed by atoms with E-state index in [1.807, 2.05) is 31.2 Å². The van der Waals surface area contributed by atoms with E-state index in [2.05, 4.69) is 10.3 Å². The summed E-state index contributed by atoms with van der Waals surface area (Å²) in [5.74, 6) is 0.424. The zero-order chi connectivity index (χ0) is 15.9. The van der Waals surface area contributed by atoms with Gasteiger partial charge < -0.3 is 10.1 Å². The summed E-state index contributed by atoms with van der Waals surface area (Å²) in [6, 6.07) is 8.94. The molecule has 0 aliphatic carbocycles. The van der Waals surface area contributed by atoms with Gasteiger partial charge in [-0.15, -0.1) is 0 Å². The van der Waals surface area contributed by atoms with Crippen molar-refractivity contribution in [3.63, 3.8) is 0 Å². The van der Waals surface area contributed by atoms with Gasteiger partial charge in [-0.25, -0.2) is 4.98 Å². The van der Waals surface area contributed by atoms with Crippen molar-refractivity contribution in [3.8, 4) is 5.75 Å². The van der Waals surface area contributed by atoms with Crippen LogP contribution in [0.2, 0.25) is 0 Å². The van der Waals surface area contributed by atoms with Gasteiger partial charge in [-0.05, 0) is 26.0 Å². The standard InChI is InChI=1S/C16H19N3O3/c1-12-3-5-14(6-4-12)22-10-15(20)17-7-8-19-11-18-13(2)9-16(19)21/h3-6,9,11H,7-8,10H2,1-2H3,(H,17,20). The number of nitrogens with zero attached hydrogens (tertiary/aromatic N) is 2. The summed E-state index contributed by atoms with van der Waals surface area (Å²) in [7, 11) is 0. The summed E-state index contributed by atoms with van der Waals surface area (Å²) in [5, 5.41) is 2.70. The van der Waals surface area contributed by atoms with Crippen molar-refractivity contribution < 1.29 is 9.53 Å². The summed E-state index contributed by atoms with van der Waals surface area (Å²) < 4.78 is 6.82. The number of aromatic nitrogens is 2. The van der Waals surface area contributed by atoms with Crippen LogP contribution >= 0.6 is 0 Å². The average Bonchev–Trinajstić information content (AvgIpc) is 2.49. The lowest BCUT2D eigenvalue weighted by atomic mass is 10.2. The molecule has 1 heterocycles. The Morgan fingerprint density at radius 1 is 1.27 bits per heavy atom. The molecule has 0 saturated carbocycles. The van der Waals surface area contributed by atoms with Crippen LogP contribution < -0.4 is 15.6 Å². The largest absolute Gasteiger partial charge is 0.484 e. The normalized spacial score (nSPS) is 10.3. The molecule has 0 aliphatic heterocycles. The summed E-state index contributed by atoms with van der Waals surface area (Å²) in [6.45, 7) is 4.42. The zero-order valence-corrected chi connectivity index (χ0v) is 12.7. The molecule has 1 amide bonds. The van der Waals surface area contributed by atoms with Crippen LogP contribution in [0.15, 0.2) is 41.5 Å². The van der Waals surface area contributed by atoms with Crippen molar-refractivity contribution in [2.24, 2.45) is 0 Å². The molecule has 0 aliphatic rings. The van der Waals surface area contributed by atoms with Gasteiger partial charge in [0.25, 0.3) is 11.5 Å². The summed E-state index contributed by atoms with van der Waals surface area (Å²) in [6.07, 6.45) is 1.48. The Hall–Kier alpha value is -2.63. The number of ether oxygens (including phenoxy) is 1. The third kappa shape index (κ3) is 4.73. The van der Waals surface area contributed by atoms with E-state index in [0.29, 0.717) is 24.5 Å². The Morgan fingerprint density at radius 2 is 2.00 bits per heavy atom. The molecule has 2 rings (SSSR count). The van der Waals surface area contributed by atoms with Gasteiger partial charge >= 0.3 is 0 Å². The van der Waals surface area contributed by atoms with E-state index in [4.69, 9.17) is 4.74 Å². The first-order chi connectivity index (χ1) is 10.5. The molecule has 6 nitrogen and oxygen atoms in total. The lowest BCUT2D eigenvalue weighted by molar-refractivity contribution is -0.123. The predicted octanol–water partition coefficient (Wildman–Crippen LogP) is 1.06. The molecule has 22 heavy (non-hydrogen) atoms. The molecular weight excluding hydrogens is 282 g/mol. The zero-order valence-electron chi connectivity index (χ0n) is 12.7. The third-order valence-electron chi connectivity index (χ3n) is 3.08. The first-order valence-electron chi connectivity index (χ1n) is 7.04. The first-order valence-corrected chi connectivity index (χ1v) is 7.04. The van der Waals surface area contributed by atoms with E-state index >= 15 is 0 Å². The van der Waals surface area contributed by atoms with Crippen molar-refractivity contribution in [2.75, 3.05) is 13.2 Å². The van der Waals surface area contributed by atoms with Crippen LogP contribution in [0.4, 0.5) is 0 Å². The number of carbonyl (C=O) groups is 1. The highest BCUT2D eigenvalue weighted by Crippen LogP contribution is 2.10. The van der Waals surface area contributed by atoms with Crippen LogP contribution in [0.5, 0.6) is 5.75 Å². The van der Waals surface area contributed by atoms with Crippen molar-refractivity contribution in [3.05, 3.63) is 58.3 Å². The van der Waals surface area contributed by atoms with E-state index in [0.717, 1.165) is 5.56 Å². The van der Waals surface area contributed by atoms with E-state index < -0.39 is 0 Å². The van der Waals surface area contributed by atoms with Gasteiger partial charge in [0, 0.05) is 24.8 Å². The van der Waals surface area contributed by atoms with Crippen LogP contribution in [0.25, 0.3) is 0 Å². The molecule has 0 radical (unpaired) electrons. The summed E-state index contributed by atoms with van der Waals surface area (Å²) in [4.78, 5) is 27.4. The Kier molecular flexibility index (Phi) is 5.30. The molecule has 2 aromatic rings. The van der Waals surface area contributed by atoms with E-state index in [-0.39, 0.29) is 18.1 Å². The molecule has 1 aromatic carbocycles. The van der Waals surface area contributed by atoms with E-state index in [1.165, 1.54) is 17.0 Å². The van der Waals surface area contributed by atoms with Crippen molar-refractivity contribution in [2.45, 2.75) is 20.4 Å². The molecule has 1 N–H and O–H groups in total. The van der Waals surface area contributed by atoms with Gasteiger partial charge in [-0.2, -0.15) is 0 Å². The molecule has 116 valence electrons. The fraction of sp³-hybridized carbons (Fsp3) is 0.312. The fourth-order valence-corrected chi connectivity index (χ4v) is 1.83. The molecule has 1 aromatic heterocycles. The number of amides is 1. The Labute approximate surface area is 128 Å². The van der Waals surface area contributed by atoms with Gasteiger partial charge in [0.2, 0.25) is 0 Å². The lowest BCUT2D eigenvalue weighted by Crippen LogP contribution is -2.33. The Balaban J connectivity index is 1.73. The second-order valence-electron chi connectivity index (χ2n) is 5.01. The lowest BCUT2D eigenvalue weighted by Gasteiger charge is -2.09. The molecule has 0 bridgehead atoms.